The zero-order valence-electron chi connectivity index (χ0n) is 9.33. The standard InChI is InChI=1S/C11H20N2O2/c1-13-6-2-9(10(13)15)12-8-11(3-4-11)5-7-14/h9,12,14H,2-8H2,1H3. The van der Waals surface area contributed by atoms with E-state index in [4.69, 9.17) is 5.11 Å². The normalized spacial score (nSPS) is 28.5. The summed E-state index contributed by atoms with van der Waals surface area (Å²) in [6.45, 7) is 2.02. The molecule has 0 radical (unpaired) electrons. The van der Waals surface area contributed by atoms with Crippen molar-refractivity contribution < 1.29 is 9.90 Å². The Morgan fingerprint density at radius 1 is 1.60 bits per heavy atom. The van der Waals surface area contributed by atoms with Crippen molar-refractivity contribution >= 4 is 5.91 Å². The monoisotopic (exact) mass is 212 g/mol. The molecule has 1 unspecified atom stereocenters. The first-order chi connectivity index (χ1) is 7.17. The minimum absolute atomic E-state index is 0.0196. The summed E-state index contributed by atoms with van der Waals surface area (Å²) < 4.78 is 0. The number of nitrogens with zero attached hydrogens (tertiary/aromatic N) is 1. The van der Waals surface area contributed by atoms with Gasteiger partial charge in [-0.15, -0.1) is 0 Å². The summed E-state index contributed by atoms with van der Waals surface area (Å²) in [7, 11) is 1.85. The Labute approximate surface area is 90.6 Å². The third-order valence-electron chi connectivity index (χ3n) is 3.75. The molecule has 4 heteroatoms. The van der Waals surface area contributed by atoms with E-state index >= 15 is 0 Å². The van der Waals surface area contributed by atoms with Crippen molar-refractivity contribution in [2.45, 2.75) is 31.7 Å². The molecule has 1 saturated carbocycles. The van der Waals surface area contributed by atoms with Crippen LogP contribution in [0.5, 0.6) is 0 Å². The molecule has 0 aromatic heterocycles. The molecule has 86 valence electrons. The number of carbonyl (C=O) groups excluding carboxylic acids is 1. The third-order valence-corrected chi connectivity index (χ3v) is 3.75. The zero-order valence-corrected chi connectivity index (χ0v) is 9.33. The molecule has 2 N–H and O–H groups in total. The highest BCUT2D eigenvalue weighted by Gasteiger charge is 2.42. The molecule has 2 rings (SSSR count). The van der Waals surface area contributed by atoms with E-state index in [1.54, 1.807) is 4.90 Å². The number of nitrogens with one attached hydrogen (secondary N) is 1. The first-order valence-corrected chi connectivity index (χ1v) is 5.76. The van der Waals surface area contributed by atoms with Crippen LogP contribution in [-0.2, 0) is 4.79 Å². The third kappa shape index (κ3) is 2.32. The highest BCUT2D eigenvalue weighted by atomic mass is 16.3. The Morgan fingerprint density at radius 3 is 2.80 bits per heavy atom. The number of amides is 1. The molecule has 0 aromatic carbocycles. The molecule has 15 heavy (non-hydrogen) atoms. The minimum Gasteiger partial charge on any atom is -0.396 e. The molecule has 4 nitrogen and oxygen atoms in total. The summed E-state index contributed by atoms with van der Waals surface area (Å²) in [5, 5.41) is 12.3. The molecule has 1 heterocycles. The van der Waals surface area contributed by atoms with Gasteiger partial charge in [0.15, 0.2) is 0 Å². The molecule has 1 aliphatic carbocycles. The van der Waals surface area contributed by atoms with E-state index in [0.29, 0.717) is 5.41 Å². The first-order valence-electron chi connectivity index (χ1n) is 5.76. The molecule has 1 aliphatic heterocycles. The highest BCUT2D eigenvalue weighted by Crippen LogP contribution is 2.48. The average Bonchev–Trinajstić information content (AvgIpc) is 2.91. The van der Waals surface area contributed by atoms with Gasteiger partial charge in [0.1, 0.15) is 0 Å². The van der Waals surface area contributed by atoms with Crippen LogP contribution in [0, 0.1) is 5.41 Å². The minimum atomic E-state index is 0.0196. The van der Waals surface area contributed by atoms with Crippen molar-refractivity contribution in [3.63, 3.8) is 0 Å². The van der Waals surface area contributed by atoms with Crippen molar-refractivity contribution in [2.24, 2.45) is 5.41 Å². The Morgan fingerprint density at radius 2 is 2.33 bits per heavy atom. The van der Waals surface area contributed by atoms with Crippen molar-refractivity contribution in [3.05, 3.63) is 0 Å². The fourth-order valence-corrected chi connectivity index (χ4v) is 2.28. The van der Waals surface area contributed by atoms with Gasteiger partial charge in [0.05, 0.1) is 6.04 Å². The van der Waals surface area contributed by atoms with E-state index in [-0.39, 0.29) is 18.6 Å². The van der Waals surface area contributed by atoms with Crippen LogP contribution in [0.1, 0.15) is 25.7 Å². The quantitative estimate of drug-likeness (QED) is 0.673. The van der Waals surface area contributed by atoms with Crippen LogP contribution < -0.4 is 5.32 Å². The van der Waals surface area contributed by atoms with Gasteiger partial charge in [-0.1, -0.05) is 0 Å². The smallest absolute Gasteiger partial charge is 0.239 e. The second-order valence-electron chi connectivity index (χ2n) is 4.96. The molecule has 0 aromatic rings. The molecule has 1 saturated heterocycles. The molecule has 0 bridgehead atoms. The lowest BCUT2D eigenvalue weighted by Gasteiger charge is -2.18. The lowest BCUT2D eigenvalue weighted by Crippen LogP contribution is -2.40. The fraction of sp³-hybridized carbons (Fsp3) is 0.909. The number of rotatable bonds is 5. The van der Waals surface area contributed by atoms with Gasteiger partial charge in [-0.25, -0.2) is 0 Å². The SMILES string of the molecule is CN1CCC(NCC2(CCO)CC2)C1=O. The summed E-state index contributed by atoms with van der Waals surface area (Å²) >= 11 is 0. The van der Waals surface area contributed by atoms with Crippen LogP contribution in [0.25, 0.3) is 0 Å². The van der Waals surface area contributed by atoms with E-state index in [1.807, 2.05) is 7.05 Å². The van der Waals surface area contributed by atoms with Crippen molar-refractivity contribution in [1.29, 1.82) is 0 Å². The molecular weight excluding hydrogens is 192 g/mol. The molecular formula is C11H20N2O2. The van der Waals surface area contributed by atoms with Crippen LogP contribution in [0.4, 0.5) is 0 Å². The van der Waals surface area contributed by atoms with E-state index in [1.165, 1.54) is 12.8 Å². The van der Waals surface area contributed by atoms with Crippen molar-refractivity contribution in [2.75, 3.05) is 26.7 Å². The number of hydrogen-bond donors (Lipinski definition) is 2. The largest absolute Gasteiger partial charge is 0.396 e. The first kappa shape index (κ1) is 10.9. The van der Waals surface area contributed by atoms with Crippen LogP contribution in [0.15, 0.2) is 0 Å². The Balaban J connectivity index is 1.76. The Bertz CT molecular complexity index is 251. The van der Waals surface area contributed by atoms with Gasteiger partial charge in [0.25, 0.3) is 0 Å². The van der Waals surface area contributed by atoms with Gasteiger partial charge in [-0.2, -0.15) is 0 Å². The Hall–Kier alpha value is -0.610. The van der Waals surface area contributed by atoms with Gasteiger partial charge in [-0.05, 0) is 31.1 Å². The van der Waals surface area contributed by atoms with E-state index in [9.17, 15) is 4.79 Å². The van der Waals surface area contributed by atoms with Crippen LogP contribution in [0.2, 0.25) is 0 Å². The van der Waals surface area contributed by atoms with Crippen LogP contribution in [-0.4, -0.2) is 48.7 Å². The maximum Gasteiger partial charge on any atom is 0.239 e. The lowest BCUT2D eigenvalue weighted by atomic mass is 10.0. The maximum absolute atomic E-state index is 11.6. The highest BCUT2D eigenvalue weighted by molar-refractivity contribution is 5.83. The van der Waals surface area contributed by atoms with Crippen molar-refractivity contribution in [1.82, 2.24) is 10.2 Å². The lowest BCUT2D eigenvalue weighted by molar-refractivity contribution is -0.128. The number of hydrogen-bond acceptors (Lipinski definition) is 3. The average molecular weight is 212 g/mol. The van der Waals surface area contributed by atoms with Crippen molar-refractivity contribution in [3.8, 4) is 0 Å². The van der Waals surface area contributed by atoms with Gasteiger partial charge >= 0.3 is 0 Å². The second kappa shape index (κ2) is 4.10. The number of carbonyl (C=O) groups is 1. The van der Waals surface area contributed by atoms with E-state index in [0.717, 1.165) is 25.9 Å². The maximum atomic E-state index is 11.6. The summed E-state index contributed by atoms with van der Waals surface area (Å²) in [5.74, 6) is 0.217. The number of likely N-dealkylation sites (N-methyl/N-ethyl adjacent to an activating group) is 1. The summed E-state index contributed by atoms with van der Waals surface area (Å²) in [4.78, 5) is 13.4. The summed E-state index contributed by atoms with van der Waals surface area (Å²) in [6.07, 6.45) is 4.18. The fourth-order valence-electron chi connectivity index (χ4n) is 2.28. The number of aliphatic hydroxyl groups is 1. The zero-order chi connectivity index (χ0) is 10.9. The predicted molar refractivity (Wildman–Crippen MR) is 57.4 cm³/mol. The second-order valence-corrected chi connectivity index (χ2v) is 4.96. The molecule has 1 atom stereocenters. The predicted octanol–water partition coefficient (Wildman–Crippen LogP) is -0.0307. The molecule has 2 fully saturated rings. The van der Waals surface area contributed by atoms with Gasteiger partial charge in [0.2, 0.25) is 5.91 Å². The summed E-state index contributed by atoms with van der Waals surface area (Å²) in [6, 6.07) is 0.0196. The Kier molecular flexibility index (Phi) is 2.98. The van der Waals surface area contributed by atoms with E-state index in [2.05, 4.69) is 5.32 Å². The van der Waals surface area contributed by atoms with Crippen LogP contribution >= 0.6 is 0 Å². The topological polar surface area (TPSA) is 52.6 Å². The van der Waals surface area contributed by atoms with Gasteiger partial charge < -0.3 is 15.3 Å². The molecule has 2 aliphatic rings. The van der Waals surface area contributed by atoms with Crippen LogP contribution in [0.3, 0.4) is 0 Å². The molecule has 1 amide bonds. The van der Waals surface area contributed by atoms with E-state index < -0.39 is 0 Å². The van der Waals surface area contributed by atoms with Gasteiger partial charge in [-0.3, -0.25) is 4.79 Å². The number of likely N-dealkylation sites (tertiary alicyclic amines) is 1. The molecule has 0 spiro atoms. The summed E-state index contributed by atoms with van der Waals surface area (Å²) in [5.41, 5.74) is 0.302. The number of aliphatic hydroxyl groups excluding tert-OH is 1. The van der Waals surface area contributed by atoms with Gasteiger partial charge in [0, 0.05) is 26.7 Å².